The van der Waals surface area contributed by atoms with Crippen molar-refractivity contribution < 1.29 is 23.9 Å². The molecule has 2 amide bonds. The minimum atomic E-state index is -0.660. The molecule has 7 heteroatoms. The summed E-state index contributed by atoms with van der Waals surface area (Å²) >= 11 is 0. The van der Waals surface area contributed by atoms with Crippen LogP contribution in [0.5, 0.6) is 0 Å². The van der Waals surface area contributed by atoms with Crippen LogP contribution in [-0.2, 0) is 9.47 Å². The maximum absolute atomic E-state index is 12.5. The molecule has 1 aromatic carbocycles. The fourth-order valence-electron chi connectivity index (χ4n) is 3.79. The number of ether oxygens (including phenoxy) is 2. The normalized spacial score (nSPS) is 21.6. The van der Waals surface area contributed by atoms with Gasteiger partial charge in [-0.2, -0.15) is 0 Å². The van der Waals surface area contributed by atoms with E-state index in [1.807, 2.05) is 4.90 Å². The van der Waals surface area contributed by atoms with Crippen LogP contribution in [0, 0.1) is 11.8 Å². The van der Waals surface area contributed by atoms with Crippen LogP contribution in [0.15, 0.2) is 18.2 Å². The molecule has 1 aliphatic heterocycles. The number of methoxy groups -OCH3 is 2. The smallest absolute Gasteiger partial charge is 0.338 e. The first kappa shape index (κ1) is 17.3. The van der Waals surface area contributed by atoms with Gasteiger partial charge in [0.2, 0.25) is 0 Å². The maximum atomic E-state index is 12.5. The number of benzene rings is 1. The number of hydrogen-bond donors (Lipinski definition) is 1. The quantitative estimate of drug-likeness (QED) is 0.850. The zero-order chi connectivity index (χ0) is 18.0. The van der Waals surface area contributed by atoms with Crippen molar-refractivity contribution in [3.05, 3.63) is 29.3 Å². The van der Waals surface area contributed by atoms with Crippen molar-refractivity contribution in [3.63, 3.8) is 0 Å². The average molecular weight is 346 g/mol. The summed E-state index contributed by atoms with van der Waals surface area (Å²) in [6, 6.07) is 4.28. The first-order valence-corrected chi connectivity index (χ1v) is 8.40. The molecule has 134 valence electrons. The SMILES string of the molecule is COC(=O)c1ccc(NC(=O)N2C[C@H]3CCC[C@H]3C2)cc1C(=O)OC. The fraction of sp³-hybridized carbons (Fsp3) is 0.500. The number of amides is 2. The number of carbonyl (C=O) groups is 3. The molecular formula is C18H22N2O5. The molecule has 3 rings (SSSR count). The zero-order valence-electron chi connectivity index (χ0n) is 14.4. The largest absolute Gasteiger partial charge is 0.465 e. The highest BCUT2D eigenvalue weighted by molar-refractivity contribution is 6.04. The van der Waals surface area contributed by atoms with Crippen molar-refractivity contribution >= 4 is 23.7 Å². The van der Waals surface area contributed by atoms with Crippen LogP contribution in [0.2, 0.25) is 0 Å². The molecule has 2 aliphatic rings. The average Bonchev–Trinajstić information content (AvgIpc) is 3.22. The summed E-state index contributed by atoms with van der Waals surface area (Å²) in [6.45, 7) is 1.56. The molecule has 1 aliphatic carbocycles. The van der Waals surface area contributed by atoms with E-state index in [-0.39, 0.29) is 17.2 Å². The summed E-state index contributed by atoms with van der Waals surface area (Å²) in [5, 5.41) is 2.80. The lowest BCUT2D eigenvalue weighted by Crippen LogP contribution is -2.33. The molecule has 1 saturated carbocycles. The van der Waals surface area contributed by atoms with E-state index in [1.165, 1.54) is 45.6 Å². The van der Waals surface area contributed by atoms with Gasteiger partial charge in [-0.3, -0.25) is 0 Å². The van der Waals surface area contributed by atoms with Gasteiger partial charge in [0.25, 0.3) is 0 Å². The summed E-state index contributed by atoms with van der Waals surface area (Å²) in [5.74, 6) is -0.0750. The number of urea groups is 1. The number of nitrogens with one attached hydrogen (secondary N) is 1. The van der Waals surface area contributed by atoms with Gasteiger partial charge in [-0.1, -0.05) is 6.42 Å². The molecule has 0 aromatic heterocycles. The molecule has 2 fully saturated rings. The predicted octanol–water partition coefficient (Wildman–Crippen LogP) is 2.52. The summed E-state index contributed by atoms with van der Waals surface area (Å²) in [6.07, 6.45) is 3.63. The summed E-state index contributed by atoms with van der Waals surface area (Å²) in [7, 11) is 2.47. The third-order valence-corrected chi connectivity index (χ3v) is 5.09. The molecule has 0 unspecified atom stereocenters. The van der Waals surface area contributed by atoms with E-state index in [4.69, 9.17) is 4.74 Å². The second-order valence-corrected chi connectivity index (χ2v) is 6.53. The van der Waals surface area contributed by atoms with Crippen LogP contribution in [-0.4, -0.2) is 50.2 Å². The van der Waals surface area contributed by atoms with Crippen molar-refractivity contribution in [2.75, 3.05) is 32.6 Å². The number of hydrogen-bond acceptors (Lipinski definition) is 5. The van der Waals surface area contributed by atoms with E-state index in [0.29, 0.717) is 17.5 Å². The Balaban J connectivity index is 1.75. The molecule has 2 atom stereocenters. The van der Waals surface area contributed by atoms with Gasteiger partial charge in [0.05, 0.1) is 25.3 Å². The molecule has 1 heterocycles. The van der Waals surface area contributed by atoms with Crippen LogP contribution in [0.1, 0.15) is 40.0 Å². The molecular weight excluding hydrogens is 324 g/mol. The lowest BCUT2D eigenvalue weighted by atomic mass is 10.0. The van der Waals surface area contributed by atoms with Gasteiger partial charge in [0, 0.05) is 18.8 Å². The maximum Gasteiger partial charge on any atom is 0.338 e. The van der Waals surface area contributed by atoms with E-state index in [9.17, 15) is 14.4 Å². The first-order valence-electron chi connectivity index (χ1n) is 8.40. The molecule has 1 saturated heterocycles. The molecule has 1 N–H and O–H groups in total. The van der Waals surface area contributed by atoms with E-state index >= 15 is 0 Å². The molecule has 0 bridgehead atoms. The molecule has 25 heavy (non-hydrogen) atoms. The highest BCUT2D eigenvalue weighted by Crippen LogP contribution is 2.37. The topological polar surface area (TPSA) is 84.9 Å². The van der Waals surface area contributed by atoms with Crippen LogP contribution < -0.4 is 5.32 Å². The van der Waals surface area contributed by atoms with Gasteiger partial charge in [0.1, 0.15) is 0 Å². The zero-order valence-corrected chi connectivity index (χ0v) is 14.4. The van der Waals surface area contributed by atoms with Crippen LogP contribution >= 0.6 is 0 Å². The van der Waals surface area contributed by atoms with Gasteiger partial charge >= 0.3 is 18.0 Å². The minimum absolute atomic E-state index is 0.0606. The van der Waals surface area contributed by atoms with E-state index in [2.05, 4.69) is 10.1 Å². The Morgan fingerprint density at radius 3 is 2.20 bits per heavy atom. The third-order valence-electron chi connectivity index (χ3n) is 5.09. The van der Waals surface area contributed by atoms with Crippen molar-refractivity contribution in [1.82, 2.24) is 4.90 Å². The number of nitrogens with zero attached hydrogens (tertiary/aromatic N) is 1. The number of esters is 2. The molecule has 0 spiro atoms. The van der Waals surface area contributed by atoms with Gasteiger partial charge < -0.3 is 19.7 Å². The van der Waals surface area contributed by atoms with Crippen molar-refractivity contribution in [1.29, 1.82) is 0 Å². The predicted molar refractivity (Wildman–Crippen MR) is 90.5 cm³/mol. The molecule has 7 nitrogen and oxygen atoms in total. The van der Waals surface area contributed by atoms with Crippen molar-refractivity contribution in [2.45, 2.75) is 19.3 Å². The Hall–Kier alpha value is -2.57. The van der Waals surface area contributed by atoms with Crippen molar-refractivity contribution in [3.8, 4) is 0 Å². The Labute approximate surface area is 146 Å². The fourth-order valence-corrected chi connectivity index (χ4v) is 3.79. The lowest BCUT2D eigenvalue weighted by Gasteiger charge is -2.18. The Kier molecular flexibility index (Phi) is 4.92. The lowest BCUT2D eigenvalue weighted by molar-refractivity contribution is 0.0555. The summed E-state index contributed by atoms with van der Waals surface area (Å²) in [4.78, 5) is 38.0. The first-order chi connectivity index (χ1) is 12.0. The van der Waals surface area contributed by atoms with Crippen molar-refractivity contribution in [2.24, 2.45) is 11.8 Å². The summed E-state index contributed by atoms with van der Waals surface area (Å²) in [5.41, 5.74) is 0.601. The number of anilines is 1. The molecule has 1 aromatic rings. The Bertz CT molecular complexity index is 691. The van der Waals surface area contributed by atoms with Gasteiger partial charge in [-0.15, -0.1) is 0 Å². The number of rotatable bonds is 3. The molecule has 0 radical (unpaired) electrons. The van der Waals surface area contributed by atoms with Gasteiger partial charge in [-0.05, 0) is 42.9 Å². The number of carbonyl (C=O) groups excluding carboxylic acids is 3. The standard InChI is InChI=1S/C18H22N2O5/c1-24-16(21)14-7-6-13(8-15(14)17(22)25-2)19-18(23)20-9-11-4-3-5-12(11)10-20/h6-8,11-12H,3-5,9-10H2,1-2H3,(H,19,23)/t11-,12+. The highest BCUT2D eigenvalue weighted by atomic mass is 16.5. The minimum Gasteiger partial charge on any atom is -0.465 e. The van der Waals surface area contributed by atoms with E-state index in [1.54, 1.807) is 6.07 Å². The number of likely N-dealkylation sites (tertiary alicyclic amines) is 1. The Morgan fingerprint density at radius 2 is 1.60 bits per heavy atom. The number of fused-ring (bicyclic) bond motifs is 1. The van der Waals surface area contributed by atoms with E-state index in [0.717, 1.165) is 13.1 Å². The van der Waals surface area contributed by atoms with Crippen LogP contribution in [0.25, 0.3) is 0 Å². The van der Waals surface area contributed by atoms with Crippen LogP contribution in [0.3, 0.4) is 0 Å². The monoisotopic (exact) mass is 346 g/mol. The second kappa shape index (κ2) is 7.13. The third kappa shape index (κ3) is 3.45. The van der Waals surface area contributed by atoms with Crippen LogP contribution in [0.4, 0.5) is 10.5 Å². The Morgan fingerprint density at radius 1 is 1.00 bits per heavy atom. The summed E-state index contributed by atoms with van der Waals surface area (Å²) < 4.78 is 9.39. The van der Waals surface area contributed by atoms with Gasteiger partial charge in [-0.25, -0.2) is 14.4 Å². The second-order valence-electron chi connectivity index (χ2n) is 6.53. The van der Waals surface area contributed by atoms with Gasteiger partial charge in [0.15, 0.2) is 0 Å². The highest BCUT2D eigenvalue weighted by Gasteiger charge is 2.38. The van der Waals surface area contributed by atoms with E-state index < -0.39 is 11.9 Å².